The quantitative estimate of drug-likeness (QED) is 0.238. The highest BCUT2D eigenvalue weighted by Crippen LogP contribution is 2.35. The van der Waals surface area contributed by atoms with Crippen LogP contribution in [0, 0.1) is 16.2 Å². The van der Waals surface area contributed by atoms with E-state index in [9.17, 15) is 28.8 Å². The zero-order valence-corrected chi connectivity index (χ0v) is 25.5. The molecule has 1 aliphatic carbocycles. The number of likely N-dealkylation sites (N-methyl/N-ethyl adjacent to an activating group) is 1. The van der Waals surface area contributed by atoms with Gasteiger partial charge in [-0.15, -0.1) is 5.06 Å². The monoisotopic (exact) mass is 595 g/mol. The van der Waals surface area contributed by atoms with Gasteiger partial charge in [0.25, 0.3) is 11.8 Å². The lowest BCUT2D eigenvalue weighted by Gasteiger charge is -2.31. The van der Waals surface area contributed by atoms with E-state index >= 15 is 0 Å². The van der Waals surface area contributed by atoms with Crippen molar-refractivity contribution >= 4 is 35.8 Å². The average Bonchev–Trinajstić information content (AvgIpc) is 3.18. The molecule has 13 nitrogen and oxygen atoms in total. The minimum absolute atomic E-state index is 0.00990. The first-order valence-corrected chi connectivity index (χ1v) is 14.2. The molecule has 0 saturated carbocycles. The summed E-state index contributed by atoms with van der Waals surface area (Å²) in [5, 5.41) is 12.3. The topological polar surface area (TPSA) is 169 Å². The van der Waals surface area contributed by atoms with Crippen LogP contribution in [-0.4, -0.2) is 90.3 Å². The molecular weight excluding hydrogens is 550 g/mol. The van der Waals surface area contributed by atoms with E-state index in [1.165, 1.54) is 7.05 Å². The Morgan fingerprint density at radius 1 is 1.07 bits per heavy atom. The van der Waals surface area contributed by atoms with Crippen LogP contribution in [0.3, 0.4) is 0 Å². The zero-order valence-electron chi connectivity index (χ0n) is 25.5. The number of hydroxylamine groups is 2. The fourth-order valence-electron chi connectivity index (χ4n) is 4.49. The molecule has 2 rings (SSSR count). The van der Waals surface area contributed by atoms with E-state index < -0.39 is 52.2 Å². The number of rotatable bonds is 13. The van der Waals surface area contributed by atoms with Crippen LogP contribution in [0.25, 0.3) is 0 Å². The van der Waals surface area contributed by atoms with E-state index in [-0.39, 0.29) is 44.9 Å². The SMILES string of the molecule is CN(CC(=O)NCC(C)(C)COCC(C)(C)CC(=O)O)C(=O)O[C@@H]1/C=C/CC[C@](C)(C(=O)ON2C(=O)CCC2=O)CC1. The van der Waals surface area contributed by atoms with Gasteiger partial charge in [0.2, 0.25) is 5.91 Å². The fourth-order valence-corrected chi connectivity index (χ4v) is 4.49. The molecule has 42 heavy (non-hydrogen) atoms. The number of allylic oxidation sites excluding steroid dienone is 1. The number of amides is 4. The van der Waals surface area contributed by atoms with Crippen molar-refractivity contribution in [2.45, 2.75) is 85.7 Å². The first-order valence-electron chi connectivity index (χ1n) is 14.2. The Bertz CT molecular complexity index is 1050. The van der Waals surface area contributed by atoms with Crippen molar-refractivity contribution in [2.24, 2.45) is 16.2 Å². The van der Waals surface area contributed by atoms with Crippen LogP contribution in [0.15, 0.2) is 12.2 Å². The molecule has 0 aromatic heterocycles. The number of carbonyl (C=O) groups is 6. The number of imide groups is 1. The molecule has 1 heterocycles. The Hall–Kier alpha value is -3.48. The second-order valence-electron chi connectivity index (χ2n) is 13.0. The maximum atomic E-state index is 12.9. The molecular formula is C29H45N3O10. The van der Waals surface area contributed by atoms with Crippen molar-refractivity contribution in [3.8, 4) is 0 Å². The summed E-state index contributed by atoms with van der Waals surface area (Å²) in [6.07, 6.45) is 3.71. The third-order valence-corrected chi connectivity index (χ3v) is 7.19. The normalized spacial score (nSPS) is 22.1. The number of hydrogen-bond acceptors (Lipinski definition) is 9. The van der Waals surface area contributed by atoms with E-state index in [0.717, 1.165) is 4.90 Å². The summed E-state index contributed by atoms with van der Waals surface area (Å²) < 4.78 is 11.3. The summed E-state index contributed by atoms with van der Waals surface area (Å²) in [6, 6.07) is 0. The zero-order chi connectivity index (χ0) is 31.7. The number of aliphatic carboxylic acids is 1. The second-order valence-corrected chi connectivity index (χ2v) is 13.0. The van der Waals surface area contributed by atoms with Crippen LogP contribution in [0.4, 0.5) is 4.79 Å². The lowest BCUT2D eigenvalue weighted by molar-refractivity contribution is -0.205. The van der Waals surface area contributed by atoms with E-state index in [0.29, 0.717) is 37.4 Å². The van der Waals surface area contributed by atoms with E-state index in [2.05, 4.69) is 5.32 Å². The number of carbonyl (C=O) groups excluding carboxylic acids is 5. The molecule has 13 heteroatoms. The van der Waals surface area contributed by atoms with Crippen molar-refractivity contribution in [3.05, 3.63) is 12.2 Å². The molecule has 0 aromatic rings. The summed E-state index contributed by atoms with van der Waals surface area (Å²) >= 11 is 0. The molecule has 1 aliphatic heterocycles. The Labute approximate surface area is 246 Å². The summed E-state index contributed by atoms with van der Waals surface area (Å²) in [5.74, 6) is -3.05. The molecule has 2 N–H and O–H groups in total. The van der Waals surface area contributed by atoms with Crippen molar-refractivity contribution in [3.63, 3.8) is 0 Å². The van der Waals surface area contributed by atoms with Crippen molar-refractivity contribution in [1.82, 2.24) is 15.3 Å². The van der Waals surface area contributed by atoms with Crippen molar-refractivity contribution < 1.29 is 48.2 Å². The number of hydrogen-bond donors (Lipinski definition) is 2. The lowest BCUT2D eigenvalue weighted by Crippen LogP contribution is -2.43. The van der Waals surface area contributed by atoms with Gasteiger partial charge in [-0.05, 0) is 44.1 Å². The van der Waals surface area contributed by atoms with E-state index in [1.807, 2.05) is 27.7 Å². The Morgan fingerprint density at radius 2 is 1.69 bits per heavy atom. The summed E-state index contributed by atoms with van der Waals surface area (Å²) in [4.78, 5) is 79.1. The van der Waals surface area contributed by atoms with Crippen molar-refractivity contribution in [2.75, 3.05) is 33.4 Å². The standard InChI is InChI=1S/C29H45N3O10/c1-27(2,15-24(36)37)18-40-19-28(3,4)17-30-21(33)16-31(6)26(39)41-20-9-7-8-13-29(5,14-12-20)25(38)42-32-22(34)10-11-23(32)35/h7,9,20H,8,10-19H2,1-6H3,(H,30,33)(H,36,37)/b9-7+/t20-,29+/m1/s1. The van der Waals surface area contributed by atoms with Crippen LogP contribution in [0.1, 0.15) is 79.6 Å². The molecule has 0 unspecified atom stereocenters. The summed E-state index contributed by atoms with van der Waals surface area (Å²) in [6.45, 7) is 9.73. The lowest BCUT2D eigenvalue weighted by atomic mass is 9.79. The summed E-state index contributed by atoms with van der Waals surface area (Å²) in [5.41, 5.74) is -1.94. The third kappa shape index (κ3) is 11.1. The van der Waals surface area contributed by atoms with Crippen LogP contribution in [-0.2, 0) is 38.3 Å². The molecule has 2 aliphatic rings. The van der Waals surface area contributed by atoms with Crippen LogP contribution in [0.5, 0.6) is 0 Å². The molecule has 1 saturated heterocycles. The van der Waals surface area contributed by atoms with Gasteiger partial charge < -0.3 is 29.6 Å². The van der Waals surface area contributed by atoms with E-state index in [1.54, 1.807) is 19.1 Å². The van der Waals surface area contributed by atoms with Crippen LogP contribution in [0.2, 0.25) is 0 Å². The van der Waals surface area contributed by atoms with Gasteiger partial charge in [0.15, 0.2) is 0 Å². The van der Waals surface area contributed by atoms with Gasteiger partial charge in [-0.2, -0.15) is 0 Å². The van der Waals surface area contributed by atoms with Crippen LogP contribution >= 0.6 is 0 Å². The smallest absolute Gasteiger partial charge is 0.410 e. The maximum absolute atomic E-state index is 12.9. The molecule has 0 spiro atoms. The molecule has 2 atom stereocenters. The minimum atomic E-state index is -0.993. The highest BCUT2D eigenvalue weighted by molar-refractivity contribution is 6.01. The molecule has 236 valence electrons. The predicted octanol–water partition coefficient (Wildman–Crippen LogP) is 2.83. The largest absolute Gasteiger partial charge is 0.481 e. The van der Waals surface area contributed by atoms with Gasteiger partial charge in [-0.1, -0.05) is 33.8 Å². The highest BCUT2D eigenvalue weighted by Gasteiger charge is 2.41. The minimum Gasteiger partial charge on any atom is -0.481 e. The van der Waals surface area contributed by atoms with Gasteiger partial charge in [0.05, 0.1) is 25.0 Å². The number of nitrogens with one attached hydrogen (secondary N) is 1. The maximum Gasteiger partial charge on any atom is 0.410 e. The Morgan fingerprint density at radius 3 is 2.31 bits per heavy atom. The summed E-state index contributed by atoms with van der Waals surface area (Å²) in [7, 11) is 1.44. The van der Waals surface area contributed by atoms with Gasteiger partial charge in [-0.3, -0.25) is 19.2 Å². The van der Waals surface area contributed by atoms with Gasteiger partial charge in [0.1, 0.15) is 12.6 Å². The van der Waals surface area contributed by atoms with Gasteiger partial charge >= 0.3 is 18.0 Å². The molecule has 0 bridgehead atoms. The first-order chi connectivity index (χ1) is 19.4. The second kappa shape index (κ2) is 14.6. The Balaban J connectivity index is 1.80. The molecule has 4 amide bonds. The predicted molar refractivity (Wildman–Crippen MR) is 149 cm³/mol. The van der Waals surface area contributed by atoms with Crippen molar-refractivity contribution in [1.29, 1.82) is 0 Å². The Kier molecular flexibility index (Phi) is 12.1. The number of nitrogens with zero attached hydrogens (tertiary/aromatic N) is 2. The molecule has 0 aromatic carbocycles. The highest BCUT2D eigenvalue weighted by atomic mass is 16.7. The van der Waals surface area contributed by atoms with Gasteiger partial charge in [-0.25, -0.2) is 9.59 Å². The van der Waals surface area contributed by atoms with Crippen LogP contribution < -0.4 is 5.32 Å². The van der Waals surface area contributed by atoms with E-state index in [4.69, 9.17) is 19.4 Å². The average molecular weight is 596 g/mol. The number of ether oxygens (including phenoxy) is 2. The third-order valence-electron chi connectivity index (χ3n) is 7.19. The fraction of sp³-hybridized carbons (Fsp3) is 0.724. The first kappa shape index (κ1) is 34.7. The molecule has 1 fully saturated rings. The number of carboxylic acids is 1. The molecule has 0 radical (unpaired) electrons. The number of carboxylic acid groups (broad SMARTS) is 1. The van der Waals surface area contributed by atoms with Gasteiger partial charge in [0, 0.05) is 31.8 Å².